The Labute approximate surface area is 323 Å². The molecule has 0 fully saturated rings. The molecule has 0 aliphatic heterocycles. The first-order chi connectivity index (χ1) is 26.9. The van der Waals surface area contributed by atoms with Gasteiger partial charge in [-0.3, -0.25) is 4.57 Å². The number of furan rings is 1. The fourth-order valence-electron chi connectivity index (χ4n) is 7.68. The average molecular weight is 690 g/mol. The Morgan fingerprint density at radius 3 is 1.76 bits per heavy atom. The van der Waals surface area contributed by atoms with Crippen molar-refractivity contribution >= 4 is 110 Å². The van der Waals surface area contributed by atoms with Crippen LogP contribution in [0.4, 0.5) is 0 Å². The fourth-order valence-corrected chi connectivity index (χ4v) is 7.68. The van der Waals surface area contributed by atoms with Crippen LogP contribution in [0.15, 0.2) is 144 Å². The maximum atomic E-state index is 6.62. The Morgan fingerprint density at radius 2 is 1.02 bits per heavy atom. The van der Waals surface area contributed by atoms with Gasteiger partial charge in [0.2, 0.25) is 5.95 Å². The number of hydrogen-bond donors (Lipinski definition) is 0. The minimum absolute atomic E-state index is 0.164. The molecule has 0 aliphatic carbocycles. The Kier molecular flexibility index (Phi) is 7.70. The quantitative estimate of drug-likeness (QED) is 0.224. The van der Waals surface area contributed by atoms with Crippen molar-refractivity contribution < 1.29 is 4.42 Å². The summed E-state index contributed by atoms with van der Waals surface area (Å²) in [7, 11) is 32.1. The number of para-hydroxylation sites is 2. The van der Waals surface area contributed by atoms with Crippen LogP contribution in [0, 0.1) is 0 Å². The molecule has 7 aromatic carbocycles. The lowest BCUT2D eigenvalue weighted by atomic mass is 9.59. The van der Waals surface area contributed by atoms with Gasteiger partial charge < -0.3 is 4.42 Å². The number of aromatic nitrogens is 4. The third-order valence-electron chi connectivity index (χ3n) is 10.4. The first kappa shape index (κ1) is 33.1. The standard InChI is InChI=1S/C45H23B5N4O/c46-37-36(38(47)40(49)41(50)39(37)48)31-18-10-20-33-35(31)30-15-7-8-19-32(30)54(33)45-52-43(25-13-5-2-6-14-25)51-44(53-45)26-21-22-28-29-17-9-16-27(24-11-3-1-4-12-24)42(29)55-34(28)23-26/h1-23H. The van der Waals surface area contributed by atoms with Gasteiger partial charge in [0, 0.05) is 38.2 Å². The fraction of sp³-hybridized carbons (Fsp3) is 0. The smallest absolute Gasteiger partial charge is 0.238 e. The third-order valence-corrected chi connectivity index (χ3v) is 10.4. The average Bonchev–Trinajstić information content (AvgIpc) is 3.79. The summed E-state index contributed by atoms with van der Waals surface area (Å²) >= 11 is 0. The molecule has 244 valence electrons. The minimum atomic E-state index is 0.164. The van der Waals surface area contributed by atoms with E-state index >= 15 is 0 Å². The highest BCUT2D eigenvalue weighted by Crippen LogP contribution is 2.39. The van der Waals surface area contributed by atoms with Gasteiger partial charge in [-0.25, -0.2) is 4.98 Å². The molecule has 0 saturated heterocycles. The Balaban J connectivity index is 1.22. The predicted octanol–water partition coefficient (Wildman–Crippen LogP) is 5.51. The first-order valence-electron chi connectivity index (χ1n) is 17.7. The van der Waals surface area contributed by atoms with Crippen LogP contribution in [0.25, 0.3) is 94.7 Å². The number of fused-ring (bicyclic) bond motifs is 6. The molecule has 55 heavy (non-hydrogen) atoms. The summed E-state index contributed by atoms with van der Waals surface area (Å²) < 4.78 is 8.64. The van der Waals surface area contributed by atoms with Gasteiger partial charge in [-0.15, -0.1) is 16.4 Å². The van der Waals surface area contributed by atoms with Crippen molar-refractivity contribution in [3.05, 3.63) is 140 Å². The molecule has 10 aromatic rings. The Morgan fingerprint density at radius 1 is 0.436 bits per heavy atom. The molecule has 0 amide bonds. The van der Waals surface area contributed by atoms with E-state index in [4.69, 9.17) is 58.6 Å². The Hall–Kier alpha value is -6.53. The van der Waals surface area contributed by atoms with E-state index in [-0.39, 0.29) is 27.3 Å². The van der Waals surface area contributed by atoms with Crippen molar-refractivity contribution in [2.24, 2.45) is 0 Å². The highest BCUT2D eigenvalue weighted by molar-refractivity contribution is 6.69. The van der Waals surface area contributed by atoms with Crippen LogP contribution in [0.1, 0.15) is 0 Å². The molecule has 0 unspecified atom stereocenters. The summed E-state index contributed by atoms with van der Waals surface area (Å²) in [6.07, 6.45) is 0. The second kappa shape index (κ2) is 12.8. The van der Waals surface area contributed by atoms with E-state index in [1.165, 1.54) is 0 Å². The molecule has 0 aliphatic rings. The molecule has 0 N–H and O–H groups in total. The zero-order valence-corrected chi connectivity index (χ0v) is 29.4. The molecule has 3 heterocycles. The molecular weight excluding hydrogens is 667 g/mol. The summed E-state index contributed by atoms with van der Waals surface area (Å²) in [6, 6.07) is 46.5. The van der Waals surface area contributed by atoms with Crippen LogP contribution >= 0.6 is 0 Å². The van der Waals surface area contributed by atoms with Gasteiger partial charge in [-0.1, -0.05) is 126 Å². The van der Waals surface area contributed by atoms with E-state index in [1.807, 2.05) is 108 Å². The van der Waals surface area contributed by atoms with Crippen LogP contribution in [0.5, 0.6) is 0 Å². The lowest BCUT2D eigenvalue weighted by molar-refractivity contribution is 0.670. The van der Waals surface area contributed by atoms with E-state index in [1.54, 1.807) is 0 Å². The monoisotopic (exact) mass is 690 g/mol. The number of nitrogens with zero attached hydrogens (tertiary/aromatic N) is 4. The van der Waals surface area contributed by atoms with Gasteiger partial charge in [0.05, 0.1) is 11.0 Å². The number of hydrogen-bond acceptors (Lipinski definition) is 4. The van der Waals surface area contributed by atoms with Crippen molar-refractivity contribution in [1.82, 2.24) is 19.5 Å². The van der Waals surface area contributed by atoms with Crippen molar-refractivity contribution in [1.29, 1.82) is 0 Å². The lowest BCUT2D eigenvalue weighted by Gasteiger charge is -2.22. The van der Waals surface area contributed by atoms with E-state index in [2.05, 4.69) is 36.4 Å². The summed E-state index contributed by atoms with van der Waals surface area (Å²) in [5, 5.41) is 3.85. The van der Waals surface area contributed by atoms with Gasteiger partial charge in [0.25, 0.3) is 0 Å². The minimum Gasteiger partial charge on any atom is -0.455 e. The Bertz CT molecular complexity index is 3130. The summed E-state index contributed by atoms with van der Waals surface area (Å²) in [5.74, 6) is 1.44. The van der Waals surface area contributed by atoms with E-state index in [9.17, 15) is 0 Å². The van der Waals surface area contributed by atoms with Crippen LogP contribution < -0.4 is 27.3 Å². The van der Waals surface area contributed by atoms with Gasteiger partial charge >= 0.3 is 0 Å². The van der Waals surface area contributed by atoms with Crippen LogP contribution in [0.2, 0.25) is 0 Å². The maximum Gasteiger partial charge on any atom is 0.238 e. The summed E-state index contributed by atoms with van der Waals surface area (Å²) in [4.78, 5) is 15.3. The van der Waals surface area contributed by atoms with E-state index in [0.29, 0.717) is 23.2 Å². The number of rotatable bonds is 5. The number of benzene rings is 7. The largest absolute Gasteiger partial charge is 0.455 e. The van der Waals surface area contributed by atoms with Gasteiger partial charge in [0.15, 0.2) is 11.6 Å². The summed E-state index contributed by atoms with van der Waals surface area (Å²) in [5.41, 5.74) is 9.35. The van der Waals surface area contributed by atoms with Crippen molar-refractivity contribution in [3.63, 3.8) is 0 Å². The van der Waals surface area contributed by atoms with E-state index in [0.717, 1.165) is 71.6 Å². The molecule has 10 heteroatoms. The second-order valence-corrected chi connectivity index (χ2v) is 13.5. The zero-order chi connectivity index (χ0) is 37.4. The topological polar surface area (TPSA) is 56.7 Å². The zero-order valence-electron chi connectivity index (χ0n) is 29.4. The maximum absolute atomic E-state index is 6.62. The lowest BCUT2D eigenvalue weighted by Crippen LogP contribution is -2.55. The van der Waals surface area contributed by atoms with Gasteiger partial charge in [-0.2, -0.15) is 9.97 Å². The van der Waals surface area contributed by atoms with Crippen molar-refractivity contribution in [3.8, 4) is 51.0 Å². The molecular formula is C45H23B5N4O. The van der Waals surface area contributed by atoms with Crippen LogP contribution in [-0.2, 0) is 0 Å². The first-order valence-corrected chi connectivity index (χ1v) is 17.7. The van der Waals surface area contributed by atoms with Gasteiger partial charge in [-0.05, 0) is 41.0 Å². The molecule has 3 aromatic heterocycles. The molecule has 0 saturated carbocycles. The highest BCUT2D eigenvalue weighted by Gasteiger charge is 2.22. The second-order valence-electron chi connectivity index (χ2n) is 13.5. The molecule has 0 atom stereocenters. The highest BCUT2D eigenvalue weighted by atomic mass is 16.3. The third kappa shape index (κ3) is 5.19. The van der Waals surface area contributed by atoms with Crippen LogP contribution in [0.3, 0.4) is 0 Å². The van der Waals surface area contributed by atoms with Gasteiger partial charge in [0.1, 0.15) is 50.4 Å². The van der Waals surface area contributed by atoms with E-state index < -0.39 is 0 Å². The van der Waals surface area contributed by atoms with Crippen molar-refractivity contribution in [2.75, 3.05) is 0 Å². The normalized spacial score (nSPS) is 11.6. The summed E-state index contributed by atoms with van der Waals surface area (Å²) in [6.45, 7) is 0. The molecule has 0 spiro atoms. The molecule has 10 rings (SSSR count). The van der Waals surface area contributed by atoms with Crippen LogP contribution in [-0.4, -0.2) is 58.8 Å². The SMILES string of the molecule is [B]c1c([B])c([B])c(-c2cccc3c2c2ccccc2n3-c2nc(-c3ccccc3)nc(-c3ccc4c(c3)oc3c(-c5ccccc5)cccc34)n2)c([B])c1[B]. The molecule has 10 radical (unpaired) electrons. The molecule has 5 nitrogen and oxygen atoms in total. The molecule has 0 bridgehead atoms. The predicted molar refractivity (Wildman–Crippen MR) is 230 cm³/mol. The van der Waals surface area contributed by atoms with Crippen molar-refractivity contribution in [2.45, 2.75) is 0 Å².